The average molecular weight is 329 g/mol. The van der Waals surface area contributed by atoms with E-state index in [2.05, 4.69) is 11.5 Å². The van der Waals surface area contributed by atoms with Gasteiger partial charge in [0.25, 0.3) is 0 Å². The lowest BCUT2D eigenvalue weighted by molar-refractivity contribution is -0.206. The summed E-state index contributed by atoms with van der Waals surface area (Å²) in [6, 6.07) is 3.62. The molecule has 1 saturated carbocycles. The van der Waals surface area contributed by atoms with Crippen molar-refractivity contribution in [3.8, 4) is 11.5 Å². The van der Waals surface area contributed by atoms with Gasteiger partial charge < -0.3 is 20.1 Å². The highest BCUT2D eigenvalue weighted by Gasteiger charge is 2.72. The number of benzene rings is 1. The van der Waals surface area contributed by atoms with Crippen LogP contribution in [0, 0.1) is 0 Å². The maximum atomic E-state index is 11.9. The van der Waals surface area contributed by atoms with Crippen LogP contribution in [0.25, 0.3) is 0 Å². The van der Waals surface area contributed by atoms with E-state index in [1.807, 2.05) is 12.1 Å². The molecule has 2 bridgehead atoms. The fourth-order valence-corrected chi connectivity index (χ4v) is 5.99. The Morgan fingerprint density at radius 1 is 1.38 bits per heavy atom. The van der Waals surface area contributed by atoms with E-state index in [1.165, 1.54) is 0 Å². The highest BCUT2D eigenvalue weighted by atomic mass is 16.5. The molecule has 1 aromatic carbocycles. The normalized spacial score (nSPS) is 42.3. The number of piperidine rings is 1. The molecule has 5 rings (SSSR count). The van der Waals surface area contributed by atoms with Gasteiger partial charge in [0.15, 0.2) is 11.5 Å². The topological polar surface area (TPSA) is 73.2 Å². The Morgan fingerprint density at radius 2 is 2.21 bits per heavy atom. The first-order valence-electron chi connectivity index (χ1n) is 8.80. The van der Waals surface area contributed by atoms with Crippen LogP contribution >= 0.6 is 0 Å². The molecular formula is C19H23NO4. The van der Waals surface area contributed by atoms with Gasteiger partial charge in [-0.25, -0.2) is 0 Å². The highest BCUT2D eigenvalue weighted by molar-refractivity contribution is 5.62. The second-order valence-electron chi connectivity index (χ2n) is 7.74. The van der Waals surface area contributed by atoms with Gasteiger partial charge in [-0.1, -0.05) is 12.1 Å². The molecule has 24 heavy (non-hydrogen) atoms. The predicted molar refractivity (Wildman–Crippen MR) is 88.3 cm³/mol. The molecule has 1 spiro atoms. The molecule has 5 heteroatoms. The Morgan fingerprint density at radius 3 is 3.00 bits per heavy atom. The van der Waals surface area contributed by atoms with Gasteiger partial charge in [0, 0.05) is 18.2 Å². The third kappa shape index (κ3) is 1.43. The first-order chi connectivity index (χ1) is 11.5. The summed E-state index contributed by atoms with van der Waals surface area (Å²) in [6.07, 6.45) is 3.33. The largest absolute Gasteiger partial charge is 0.504 e. The lowest BCUT2D eigenvalue weighted by Gasteiger charge is -2.63. The fourth-order valence-electron chi connectivity index (χ4n) is 5.99. The molecule has 128 valence electrons. The van der Waals surface area contributed by atoms with Crippen molar-refractivity contribution in [2.75, 3.05) is 13.1 Å². The van der Waals surface area contributed by atoms with E-state index in [4.69, 9.17) is 4.74 Å². The Hall–Kier alpha value is -1.56. The molecule has 5 nitrogen and oxygen atoms in total. The minimum absolute atomic E-state index is 0.00848. The molecule has 2 unspecified atom stereocenters. The molecule has 5 atom stereocenters. The molecule has 1 aromatic rings. The zero-order chi connectivity index (χ0) is 16.7. The number of likely N-dealkylation sites (tertiary alicyclic amines) is 1. The minimum atomic E-state index is -0.940. The van der Waals surface area contributed by atoms with Gasteiger partial charge in [0.1, 0.15) is 6.10 Å². The summed E-state index contributed by atoms with van der Waals surface area (Å²) < 4.78 is 6.08. The van der Waals surface area contributed by atoms with Crippen LogP contribution in [0.1, 0.15) is 30.4 Å². The second-order valence-corrected chi connectivity index (χ2v) is 7.74. The third-order valence-electron chi connectivity index (χ3n) is 6.91. The predicted octanol–water partition coefficient (Wildman–Crippen LogP) is 1.09. The standard InChI is InChI=1S/C19H23NO4/c1-2-8-20-9-7-18-15-11-3-4-12(21)16(15)24-17(18)13(22)5-6-19(18,23)14(20)10-11/h2-4,13-14,17,21-23H,1,5-10H2/t13?,14-,17?,18+,19-/m1/s1. The van der Waals surface area contributed by atoms with E-state index in [0.717, 1.165) is 37.1 Å². The lowest BCUT2D eigenvalue weighted by atomic mass is 9.48. The first-order valence-corrected chi connectivity index (χ1v) is 8.80. The average Bonchev–Trinajstić information content (AvgIpc) is 2.91. The van der Waals surface area contributed by atoms with Gasteiger partial charge in [0.2, 0.25) is 0 Å². The number of ether oxygens (including phenoxy) is 1. The number of aromatic hydroxyl groups is 1. The van der Waals surface area contributed by atoms with Crippen LogP contribution in [0.15, 0.2) is 24.8 Å². The molecule has 0 amide bonds. The number of aliphatic hydroxyl groups is 2. The molecule has 2 fully saturated rings. The van der Waals surface area contributed by atoms with Crippen LogP contribution in [0.4, 0.5) is 0 Å². The van der Waals surface area contributed by atoms with E-state index < -0.39 is 23.2 Å². The van der Waals surface area contributed by atoms with Gasteiger partial charge in [-0.2, -0.15) is 0 Å². The summed E-state index contributed by atoms with van der Waals surface area (Å²) in [4.78, 5) is 2.31. The Labute approximate surface area is 141 Å². The van der Waals surface area contributed by atoms with Crippen LogP contribution in [-0.4, -0.2) is 57.2 Å². The molecular weight excluding hydrogens is 306 g/mol. The number of phenolic OH excluding ortho intramolecular Hbond substituents is 1. The molecule has 0 radical (unpaired) electrons. The van der Waals surface area contributed by atoms with Gasteiger partial charge in [-0.3, -0.25) is 4.90 Å². The SMILES string of the molecule is C=CCN1CC[C@]23c4c5ccc(O)c4OC2C(O)CC[C@@]3(O)[C@H]1C5. The third-order valence-corrected chi connectivity index (χ3v) is 6.91. The van der Waals surface area contributed by atoms with Crippen molar-refractivity contribution in [1.82, 2.24) is 4.90 Å². The van der Waals surface area contributed by atoms with Crippen molar-refractivity contribution in [3.63, 3.8) is 0 Å². The first kappa shape index (κ1) is 14.8. The summed E-state index contributed by atoms with van der Waals surface area (Å²) >= 11 is 0. The summed E-state index contributed by atoms with van der Waals surface area (Å²) in [7, 11) is 0. The van der Waals surface area contributed by atoms with Crippen molar-refractivity contribution >= 4 is 0 Å². The van der Waals surface area contributed by atoms with Crippen molar-refractivity contribution < 1.29 is 20.1 Å². The minimum Gasteiger partial charge on any atom is -0.504 e. The van der Waals surface area contributed by atoms with Gasteiger partial charge in [-0.15, -0.1) is 6.58 Å². The molecule has 1 saturated heterocycles. The van der Waals surface area contributed by atoms with Crippen LogP contribution in [0.5, 0.6) is 11.5 Å². The summed E-state index contributed by atoms with van der Waals surface area (Å²) in [5.74, 6) is 0.589. The smallest absolute Gasteiger partial charge is 0.165 e. The van der Waals surface area contributed by atoms with Gasteiger partial charge in [-0.05, 0) is 43.9 Å². The quantitative estimate of drug-likeness (QED) is 0.709. The highest BCUT2D eigenvalue weighted by Crippen LogP contribution is 2.65. The van der Waals surface area contributed by atoms with Gasteiger partial charge >= 0.3 is 0 Å². The number of aliphatic hydroxyl groups excluding tert-OH is 1. The zero-order valence-electron chi connectivity index (χ0n) is 13.6. The molecule has 4 aliphatic rings. The maximum Gasteiger partial charge on any atom is 0.165 e. The van der Waals surface area contributed by atoms with E-state index >= 15 is 0 Å². The Bertz CT molecular complexity index is 734. The van der Waals surface area contributed by atoms with Crippen LogP contribution in [0.3, 0.4) is 0 Å². The number of nitrogens with zero attached hydrogens (tertiary/aromatic N) is 1. The summed E-state index contributed by atoms with van der Waals surface area (Å²) in [5.41, 5.74) is 0.518. The van der Waals surface area contributed by atoms with Crippen LogP contribution in [-0.2, 0) is 11.8 Å². The lowest BCUT2D eigenvalue weighted by Crippen LogP contribution is -2.77. The number of hydrogen-bond donors (Lipinski definition) is 3. The Balaban J connectivity index is 1.78. The number of hydrogen-bond acceptors (Lipinski definition) is 5. The summed E-state index contributed by atoms with van der Waals surface area (Å²) in [5, 5.41) is 32.8. The van der Waals surface area contributed by atoms with Crippen molar-refractivity contribution in [3.05, 3.63) is 35.9 Å². The van der Waals surface area contributed by atoms with Crippen molar-refractivity contribution in [1.29, 1.82) is 0 Å². The monoisotopic (exact) mass is 329 g/mol. The van der Waals surface area contributed by atoms with Crippen LogP contribution < -0.4 is 4.74 Å². The maximum absolute atomic E-state index is 11.9. The van der Waals surface area contributed by atoms with Gasteiger partial charge in [0.05, 0.1) is 17.1 Å². The number of rotatable bonds is 2. The molecule has 2 heterocycles. The van der Waals surface area contributed by atoms with E-state index in [1.54, 1.807) is 6.07 Å². The van der Waals surface area contributed by atoms with E-state index in [-0.39, 0.29) is 11.8 Å². The van der Waals surface area contributed by atoms with E-state index in [0.29, 0.717) is 18.6 Å². The molecule has 0 aromatic heterocycles. The van der Waals surface area contributed by atoms with E-state index in [9.17, 15) is 15.3 Å². The Kier molecular flexibility index (Phi) is 2.79. The zero-order valence-corrected chi connectivity index (χ0v) is 13.6. The van der Waals surface area contributed by atoms with Crippen molar-refractivity contribution in [2.45, 2.75) is 54.9 Å². The second kappa shape index (κ2) is 4.54. The molecule has 2 aliphatic carbocycles. The molecule has 3 N–H and O–H groups in total. The van der Waals surface area contributed by atoms with Crippen LogP contribution in [0.2, 0.25) is 0 Å². The van der Waals surface area contributed by atoms with Crippen molar-refractivity contribution in [2.24, 2.45) is 0 Å². The fraction of sp³-hybridized carbons (Fsp3) is 0.579. The molecule has 2 aliphatic heterocycles. The summed E-state index contributed by atoms with van der Waals surface area (Å²) in [6.45, 7) is 5.44. The number of phenols is 1.